The smallest absolute Gasteiger partial charge is 0.0252 e. The monoisotopic (exact) mass is 350 g/mol. The molecule has 0 saturated heterocycles. The van der Waals surface area contributed by atoms with Gasteiger partial charge in [0.1, 0.15) is 0 Å². The molecule has 0 N–H and O–H groups in total. The molecular weight excluding hydrogens is 324 g/mol. The van der Waals surface area contributed by atoms with Crippen molar-refractivity contribution < 1.29 is 0 Å². The summed E-state index contributed by atoms with van der Waals surface area (Å²) >= 11 is 0. The molecule has 1 aliphatic carbocycles. The van der Waals surface area contributed by atoms with Crippen LogP contribution in [-0.2, 0) is 12.8 Å². The first-order valence-electron chi connectivity index (χ1n) is 9.94. The topological polar surface area (TPSA) is 0 Å². The van der Waals surface area contributed by atoms with E-state index in [-0.39, 0.29) is 0 Å². The molecular formula is C27H26. The first kappa shape index (κ1) is 17.6. The molecule has 0 nitrogen and oxygen atoms in total. The van der Waals surface area contributed by atoms with Crippen LogP contribution in [0.15, 0.2) is 66.7 Å². The van der Waals surface area contributed by atoms with Crippen molar-refractivity contribution in [3.63, 3.8) is 0 Å². The molecule has 4 rings (SSSR count). The fourth-order valence-corrected chi connectivity index (χ4v) is 3.49. The van der Waals surface area contributed by atoms with Crippen molar-refractivity contribution in [1.82, 2.24) is 0 Å². The quantitative estimate of drug-likeness (QED) is 0.480. The number of hydrogen-bond acceptors (Lipinski definition) is 0. The van der Waals surface area contributed by atoms with Crippen LogP contribution < -0.4 is 0 Å². The summed E-state index contributed by atoms with van der Waals surface area (Å²) < 4.78 is 0. The van der Waals surface area contributed by atoms with E-state index in [1.165, 1.54) is 40.7 Å². The fourth-order valence-electron chi connectivity index (χ4n) is 3.49. The Hall–Kier alpha value is -2.78. The minimum Gasteiger partial charge on any atom is -0.0617 e. The van der Waals surface area contributed by atoms with Gasteiger partial charge < -0.3 is 0 Å². The Bertz CT molecular complexity index is 975. The lowest BCUT2D eigenvalue weighted by molar-refractivity contribution is 0.926. The zero-order valence-electron chi connectivity index (χ0n) is 16.3. The maximum absolute atomic E-state index is 3.36. The molecule has 1 saturated carbocycles. The summed E-state index contributed by atoms with van der Waals surface area (Å²) in [4.78, 5) is 0. The molecule has 0 radical (unpaired) electrons. The van der Waals surface area contributed by atoms with Crippen molar-refractivity contribution in [3.8, 4) is 11.8 Å². The number of benzene rings is 3. The van der Waals surface area contributed by atoms with Crippen molar-refractivity contribution in [2.45, 2.75) is 45.4 Å². The van der Waals surface area contributed by atoms with Crippen LogP contribution in [0.25, 0.3) is 0 Å². The molecule has 0 aromatic heterocycles. The molecule has 0 atom stereocenters. The predicted octanol–water partition coefficient (Wildman–Crippen LogP) is 6.37. The van der Waals surface area contributed by atoms with Gasteiger partial charge in [-0.25, -0.2) is 0 Å². The molecule has 0 spiro atoms. The summed E-state index contributed by atoms with van der Waals surface area (Å²) in [6, 6.07) is 24.2. The SMILES string of the molecule is Cc1ccc(C#Cc2ccc(CCc3ccc(C)cc3)c(C3CC3)c2)cc1. The fraction of sp³-hybridized carbons (Fsp3) is 0.259. The summed E-state index contributed by atoms with van der Waals surface area (Å²) in [6.07, 6.45) is 4.87. The van der Waals surface area contributed by atoms with Crippen LogP contribution in [0, 0.1) is 25.7 Å². The highest BCUT2D eigenvalue weighted by Crippen LogP contribution is 2.42. The number of aryl methyl sites for hydroxylation is 4. The Morgan fingerprint density at radius 3 is 1.96 bits per heavy atom. The molecule has 0 aliphatic heterocycles. The lowest BCUT2D eigenvalue weighted by Crippen LogP contribution is -1.97. The Kier molecular flexibility index (Phi) is 5.12. The largest absolute Gasteiger partial charge is 0.0617 e. The van der Waals surface area contributed by atoms with E-state index in [4.69, 9.17) is 0 Å². The Labute approximate surface area is 163 Å². The Morgan fingerprint density at radius 2 is 1.30 bits per heavy atom. The third kappa shape index (κ3) is 4.69. The van der Waals surface area contributed by atoms with E-state index in [1.54, 1.807) is 0 Å². The number of hydrogen-bond donors (Lipinski definition) is 0. The summed E-state index contributed by atoms with van der Waals surface area (Å²) in [7, 11) is 0. The molecule has 0 unspecified atom stereocenters. The van der Waals surface area contributed by atoms with Gasteiger partial charge in [-0.05, 0) is 86.4 Å². The molecule has 1 aliphatic rings. The second-order valence-corrected chi connectivity index (χ2v) is 7.79. The van der Waals surface area contributed by atoms with Crippen molar-refractivity contribution in [2.75, 3.05) is 0 Å². The van der Waals surface area contributed by atoms with Gasteiger partial charge in [0.15, 0.2) is 0 Å². The standard InChI is InChI=1S/C27H26/c1-20-3-7-22(8-4-20)11-12-24-14-16-25(27(19-24)26-17-18-26)15-13-23-9-5-21(2)6-10-23/h3-10,14,16,19,26H,13,15,17-18H2,1-2H3. The van der Waals surface area contributed by atoms with Crippen LogP contribution in [-0.4, -0.2) is 0 Å². The lowest BCUT2D eigenvalue weighted by atomic mass is 9.95. The maximum Gasteiger partial charge on any atom is 0.0252 e. The average molecular weight is 351 g/mol. The Morgan fingerprint density at radius 1 is 0.704 bits per heavy atom. The van der Waals surface area contributed by atoms with Crippen LogP contribution in [0.3, 0.4) is 0 Å². The van der Waals surface area contributed by atoms with Crippen LogP contribution in [0.4, 0.5) is 0 Å². The highest BCUT2D eigenvalue weighted by atomic mass is 14.3. The maximum atomic E-state index is 3.36. The lowest BCUT2D eigenvalue weighted by Gasteiger charge is -2.10. The molecule has 1 fully saturated rings. The second-order valence-electron chi connectivity index (χ2n) is 7.79. The van der Waals surface area contributed by atoms with Gasteiger partial charge in [0.05, 0.1) is 0 Å². The van der Waals surface area contributed by atoms with Crippen molar-refractivity contribution in [3.05, 3.63) is 106 Å². The molecule has 0 amide bonds. The van der Waals surface area contributed by atoms with Gasteiger partial charge in [-0.15, -0.1) is 0 Å². The van der Waals surface area contributed by atoms with E-state index in [0.29, 0.717) is 0 Å². The van der Waals surface area contributed by atoms with Gasteiger partial charge in [-0.2, -0.15) is 0 Å². The van der Waals surface area contributed by atoms with Crippen LogP contribution >= 0.6 is 0 Å². The molecule has 3 aromatic carbocycles. The van der Waals surface area contributed by atoms with E-state index < -0.39 is 0 Å². The molecule has 0 bridgehead atoms. The Balaban J connectivity index is 1.52. The van der Waals surface area contributed by atoms with Crippen LogP contribution in [0.5, 0.6) is 0 Å². The molecule has 0 heteroatoms. The summed E-state index contributed by atoms with van der Waals surface area (Å²) in [5.74, 6) is 7.42. The van der Waals surface area contributed by atoms with Gasteiger partial charge in [0.25, 0.3) is 0 Å². The van der Waals surface area contributed by atoms with E-state index in [0.717, 1.165) is 29.9 Å². The second kappa shape index (κ2) is 7.85. The third-order valence-electron chi connectivity index (χ3n) is 5.37. The van der Waals surface area contributed by atoms with E-state index >= 15 is 0 Å². The van der Waals surface area contributed by atoms with Gasteiger partial charge in [0.2, 0.25) is 0 Å². The summed E-state index contributed by atoms with van der Waals surface area (Å²) in [5.41, 5.74) is 9.26. The van der Waals surface area contributed by atoms with E-state index in [1.807, 2.05) is 0 Å². The zero-order chi connectivity index (χ0) is 18.6. The summed E-state index contributed by atoms with van der Waals surface area (Å²) in [5, 5.41) is 0. The molecule has 0 heterocycles. The normalized spacial score (nSPS) is 13.1. The van der Waals surface area contributed by atoms with Crippen molar-refractivity contribution in [1.29, 1.82) is 0 Å². The highest BCUT2D eigenvalue weighted by molar-refractivity contribution is 5.47. The van der Waals surface area contributed by atoms with Crippen LogP contribution in [0.2, 0.25) is 0 Å². The van der Waals surface area contributed by atoms with Crippen molar-refractivity contribution in [2.24, 2.45) is 0 Å². The average Bonchev–Trinajstić information content (AvgIpc) is 3.53. The van der Waals surface area contributed by atoms with Gasteiger partial charge in [-0.3, -0.25) is 0 Å². The number of rotatable bonds is 4. The van der Waals surface area contributed by atoms with Gasteiger partial charge in [0, 0.05) is 11.1 Å². The van der Waals surface area contributed by atoms with Gasteiger partial charge in [-0.1, -0.05) is 65.4 Å². The molecule has 3 aromatic rings. The predicted molar refractivity (Wildman–Crippen MR) is 114 cm³/mol. The van der Waals surface area contributed by atoms with Gasteiger partial charge >= 0.3 is 0 Å². The minimum absolute atomic E-state index is 0.749. The van der Waals surface area contributed by atoms with Crippen LogP contribution in [0.1, 0.15) is 57.7 Å². The third-order valence-corrected chi connectivity index (χ3v) is 5.37. The molecule has 134 valence electrons. The molecule has 27 heavy (non-hydrogen) atoms. The first-order valence-corrected chi connectivity index (χ1v) is 9.94. The van der Waals surface area contributed by atoms with E-state index in [2.05, 4.69) is 92.4 Å². The van der Waals surface area contributed by atoms with Crippen molar-refractivity contribution >= 4 is 0 Å². The first-order chi connectivity index (χ1) is 13.2. The summed E-state index contributed by atoms with van der Waals surface area (Å²) in [6.45, 7) is 4.25. The highest BCUT2D eigenvalue weighted by Gasteiger charge is 2.26. The minimum atomic E-state index is 0.749. The zero-order valence-corrected chi connectivity index (χ0v) is 16.3. The van der Waals surface area contributed by atoms with E-state index in [9.17, 15) is 0 Å².